The number of aromatic nitrogens is 4. The molecule has 0 spiro atoms. The van der Waals surface area contributed by atoms with Crippen molar-refractivity contribution in [2.75, 3.05) is 31.1 Å². The van der Waals surface area contributed by atoms with Gasteiger partial charge in [0.1, 0.15) is 17.5 Å². The van der Waals surface area contributed by atoms with Crippen molar-refractivity contribution < 1.29 is 13.6 Å². The van der Waals surface area contributed by atoms with Crippen LogP contribution in [-0.2, 0) is 0 Å². The van der Waals surface area contributed by atoms with E-state index in [4.69, 9.17) is 5.26 Å². The largest absolute Gasteiger partial charge is 0.365 e. The summed E-state index contributed by atoms with van der Waals surface area (Å²) in [4.78, 5) is 25.2. The average molecular weight is 492 g/mol. The van der Waals surface area contributed by atoms with Crippen LogP contribution >= 0.6 is 0 Å². The Hall–Kier alpha value is -4.40. The highest BCUT2D eigenvalue weighted by molar-refractivity contribution is 5.79. The number of nitriles is 1. The minimum absolute atomic E-state index is 0.188. The van der Waals surface area contributed by atoms with Gasteiger partial charge in [-0.2, -0.15) is 15.0 Å². The molecule has 12 heteroatoms. The van der Waals surface area contributed by atoms with Gasteiger partial charge in [-0.3, -0.25) is 0 Å². The number of pyridine rings is 1. The Kier molecular flexibility index (Phi) is 6.05. The van der Waals surface area contributed by atoms with Crippen molar-refractivity contribution in [2.24, 2.45) is 5.10 Å². The molecule has 10 nitrogen and oxygen atoms in total. The summed E-state index contributed by atoms with van der Waals surface area (Å²) in [5.41, 5.74) is 1.08. The molecule has 2 aromatic heterocycles. The van der Waals surface area contributed by atoms with Crippen LogP contribution in [0.5, 0.6) is 0 Å². The Labute approximate surface area is 206 Å². The quantitative estimate of drug-likeness (QED) is 0.557. The molecule has 0 saturated carbocycles. The van der Waals surface area contributed by atoms with E-state index in [1.54, 1.807) is 41.8 Å². The fraction of sp³-hybridized carbons (Fsp3) is 0.333. The van der Waals surface area contributed by atoms with Crippen LogP contribution in [0.1, 0.15) is 35.2 Å². The van der Waals surface area contributed by atoms with Gasteiger partial charge in [-0.25, -0.2) is 28.6 Å². The predicted octanol–water partition coefficient (Wildman–Crippen LogP) is 3.10. The van der Waals surface area contributed by atoms with Crippen molar-refractivity contribution in [1.29, 1.82) is 5.26 Å². The Morgan fingerprint density at radius 1 is 1.11 bits per heavy atom. The normalized spacial score (nSPS) is 17.5. The van der Waals surface area contributed by atoms with Gasteiger partial charge in [0.2, 0.25) is 0 Å². The Balaban J connectivity index is 1.29. The van der Waals surface area contributed by atoms with E-state index in [-0.39, 0.29) is 11.6 Å². The summed E-state index contributed by atoms with van der Waals surface area (Å²) in [5.74, 6) is 0.707. The van der Waals surface area contributed by atoms with E-state index in [1.807, 2.05) is 11.0 Å². The average Bonchev–Trinajstić information content (AvgIpc) is 3.50. The summed E-state index contributed by atoms with van der Waals surface area (Å²) in [5, 5.41) is 19.0. The minimum Gasteiger partial charge on any atom is -0.365 e. The van der Waals surface area contributed by atoms with E-state index in [0.29, 0.717) is 61.3 Å². The molecule has 1 unspecified atom stereocenters. The first kappa shape index (κ1) is 23.3. The molecule has 3 aromatic rings. The highest BCUT2D eigenvalue weighted by Crippen LogP contribution is 2.31. The topological polar surface area (TPSA) is 107 Å². The predicted molar refractivity (Wildman–Crippen MR) is 127 cm³/mol. The summed E-state index contributed by atoms with van der Waals surface area (Å²) in [6.45, 7) is 5.08. The van der Waals surface area contributed by atoms with Crippen LogP contribution < -0.4 is 4.90 Å². The number of urea groups is 1. The lowest BCUT2D eigenvalue weighted by Gasteiger charge is -2.38. The monoisotopic (exact) mass is 491 g/mol. The first-order valence-electron chi connectivity index (χ1n) is 11.5. The molecule has 1 fully saturated rings. The second-order valence-electron chi connectivity index (χ2n) is 8.65. The fourth-order valence-corrected chi connectivity index (χ4v) is 4.54. The number of hydrogen-bond donors (Lipinski definition) is 0. The molecule has 0 aliphatic carbocycles. The first-order chi connectivity index (χ1) is 17.3. The maximum atomic E-state index is 14.7. The number of anilines is 1. The van der Waals surface area contributed by atoms with Crippen LogP contribution in [0.3, 0.4) is 0 Å². The number of rotatable bonds is 3. The third kappa shape index (κ3) is 4.35. The molecule has 0 N–H and O–H groups in total. The van der Waals surface area contributed by atoms with Crippen LogP contribution in [0.15, 0.2) is 35.6 Å². The second-order valence-corrected chi connectivity index (χ2v) is 8.65. The van der Waals surface area contributed by atoms with Gasteiger partial charge in [0.25, 0.3) is 0 Å². The summed E-state index contributed by atoms with van der Waals surface area (Å²) < 4.78 is 30.3. The van der Waals surface area contributed by atoms with Crippen molar-refractivity contribution in [2.45, 2.75) is 26.3 Å². The summed E-state index contributed by atoms with van der Waals surface area (Å²) >= 11 is 0. The zero-order valence-corrected chi connectivity index (χ0v) is 19.8. The van der Waals surface area contributed by atoms with Crippen LogP contribution in [-0.4, -0.2) is 68.1 Å². The lowest BCUT2D eigenvalue weighted by atomic mass is 10.0. The minimum atomic E-state index is -0.535. The SMILES string of the molecule is Cc1nc(C)n(-c2cc(N3CCN(C(=O)N4N=CCC4c4cc(F)cc(C#N)c4)CC3)c(F)cn2)n1. The zero-order chi connectivity index (χ0) is 25.4. The van der Waals surface area contributed by atoms with E-state index in [2.05, 4.69) is 20.2 Å². The van der Waals surface area contributed by atoms with Crippen LogP contribution in [0, 0.1) is 36.8 Å². The second kappa shape index (κ2) is 9.33. The van der Waals surface area contributed by atoms with E-state index in [0.717, 1.165) is 12.3 Å². The molecule has 5 rings (SSSR count). The van der Waals surface area contributed by atoms with Gasteiger partial charge < -0.3 is 9.80 Å². The van der Waals surface area contributed by atoms with E-state index in [9.17, 15) is 13.6 Å². The third-order valence-corrected chi connectivity index (χ3v) is 6.26. The van der Waals surface area contributed by atoms with Crippen LogP contribution in [0.2, 0.25) is 0 Å². The zero-order valence-electron chi connectivity index (χ0n) is 19.8. The number of hydrazone groups is 1. The van der Waals surface area contributed by atoms with Gasteiger partial charge in [-0.05, 0) is 37.6 Å². The van der Waals surface area contributed by atoms with Gasteiger partial charge >= 0.3 is 6.03 Å². The van der Waals surface area contributed by atoms with Gasteiger partial charge in [-0.15, -0.1) is 5.10 Å². The number of carbonyl (C=O) groups excluding carboxylic acids is 1. The molecule has 36 heavy (non-hydrogen) atoms. The van der Waals surface area contributed by atoms with Gasteiger partial charge in [0.15, 0.2) is 11.6 Å². The molecule has 4 heterocycles. The molecular formula is C24H23F2N9O. The molecule has 2 aliphatic heterocycles. The summed E-state index contributed by atoms with van der Waals surface area (Å²) in [6, 6.07) is 6.80. The molecule has 1 saturated heterocycles. The maximum absolute atomic E-state index is 14.7. The highest BCUT2D eigenvalue weighted by atomic mass is 19.1. The van der Waals surface area contributed by atoms with Crippen molar-refractivity contribution in [3.63, 3.8) is 0 Å². The number of hydrogen-bond acceptors (Lipinski definition) is 7. The molecule has 2 amide bonds. The van der Waals surface area contributed by atoms with E-state index < -0.39 is 17.7 Å². The number of aryl methyl sites for hydroxylation is 2. The lowest BCUT2D eigenvalue weighted by Crippen LogP contribution is -2.52. The first-order valence-corrected chi connectivity index (χ1v) is 11.5. The molecule has 2 aliphatic rings. The third-order valence-electron chi connectivity index (χ3n) is 6.26. The number of nitrogens with zero attached hydrogens (tertiary/aromatic N) is 9. The molecule has 1 aromatic carbocycles. The number of amides is 2. The van der Waals surface area contributed by atoms with E-state index in [1.165, 1.54) is 11.1 Å². The van der Waals surface area contributed by atoms with Crippen molar-refractivity contribution in [3.05, 3.63) is 64.9 Å². The molecule has 1 atom stereocenters. The molecule has 0 bridgehead atoms. The molecule has 0 radical (unpaired) electrons. The van der Waals surface area contributed by atoms with E-state index >= 15 is 0 Å². The van der Waals surface area contributed by atoms with Gasteiger partial charge in [0.05, 0.1) is 29.6 Å². The van der Waals surface area contributed by atoms with Crippen molar-refractivity contribution in [1.82, 2.24) is 29.7 Å². The molecular weight excluding hydrogens is 468 g/mol. The standard InChI is InChI=1S/C24H23F2N9O/c1-15-30-16(2)34(31-15)23-12-22(20(26)14-28-23)32-5-7-33(8-6-32)24(36)35-21(3-4-29-35)18-9-17(13-27)10-19(25)11-18/h4,9-12,14,21H,3,5-8H2,1-2H3. The Morgan fingerprint density at radius 2 is 1.89 bits per heavy atom. The smallest absolute Gasteiger partial charge is 0.341 e. The van der Waals surface area contributed by atoms with Gasteiger partial charge in [-0.1, -0.05) is 0 Å². The van der Waals surface area contributed by atoms with Crippen molar-refractivity contribution in [3.8, 4) is 11.9 Å². The van der Waals surface area contributed by atoms with Crippen LogP contribution in [0.25, 0.3) is 5.82 Å². The lowest BCUT2D eigenvalue weighted by molar-refractivity contribution is 0.139. The van der Waals surface area contributed by atoms with Crippen LogP contribution in [0.4, 0.5) is 19.3 Å². The van der Waals surface area contributed by atoms with Crippen molar-refractivity contribution >= 4 is 17.9 Å². The highest BCUT2D eigenvalue weighted by Gasteiger charge is 2.34. The number of halogens is 2. The summed E-state index contributed by atoms with van der Waals surface area (Å²) in [6.07, 6.45) is 3.19. The summed E-state index contributed by atoms with van der Waals surface area (Å²) in [7, 11) is 0. The fourth-order valence-electron chi connectivity index (χ4n) is 4.54. The van der Waals surface area contributed by atoms with Gasteiger partial charge in [0, 0.05) is 44.9 Å². The number of carbonyl (C=O) groups is 1. The number of benzene rings is 1. The Morgan fingerprint density at radius 3 is 2.58 bits per heavy atom. The number of piperazine rings is 1. The molecule has 184 valence electrons. The maximum Gasteiger partial charge on any atom is 0.341 e. The Bertz CT molecular complexity index is 1390.